The number of rotatable bonds is 10. The van der Waals surface area contributed by atoms with Crippen LogP contribution in [0.5, 0.6) is 0 Å². The van der Waals surface area contributed by atoms with Gasteiger partial charge in [-0.15, -0.1) is 0 Å². The number of nitrogens with zero attached hydrogens (tertiary/aromatic N) is 2. The van der Waals surface area contributed by atoms with Gasteiger partial charge in [-0.2, -0.15) is 0 Å². The highest BCUT2D eigenvalue weighted by Gasteiger charge is 2.44. The molecule has 0 spiro atoms. The molecule has 0 saturated carbocycles. The van der Waals surface area contributed by atoms with Crippen molar-refractivity contribution >= 4 is 12.1 Å². The van der Waals surface area contributed by atoms with E-state index in [2.05, 4.69) is 14.7 Å². The van der Waals surface area contributed by atoms with Gasteiger partial charge in [-0.3, -0.25) is 14.3 Å². The number of likely N-dealkylation sites (tertiary alicyclic amines) is 1. The highest BCUT2D eigenvalue weighted by atomic mass is 16.6. The van der Waals surface area contributed by atoms with E-state index in [9.17, 15) is 14.4 Å². The SMILES string of the molecule is CCOC(=O)C(CCCCc1noc(=O)[nH]1)[C@H]1[C@H](N)CCN1C(=O)OCc1ccccc1. The van der Waals surface area contributed by atoms with Crippen molar-refractivity contribution in [2.75, 3.05) is 13.2 Å². The minimum absolute atomic E-state index is 0.151. The molecule has 0 aliphatic carbocycles. The molecular weight excluding hydrogens is 416 g/mol. The van der Waals surface area contributed by atoms with Gasteiger partial charge < -0.3 is 20.1 Å². The van der Waals surface area contributed by atoms with Crippen molar-refractivity contribution in [1.29, 1.82) is 0 Å². The molecule has 1 unspecified atom stereocenters. The summed E-state index contributed by atoms with van der Waals surface area (Å²) in [5.41, 5.74) is 7.21. The molecule has 1 aromatic carbocycles. The molecule has 10 heteroatoms. The summed E-state index contributed by atoms with van der Waals surface area (Å²) in [6.07, 6.45) is 2.44. The Hall–Kier alpha value is -3.14. The minimum Gasteiger partial charge on any atom is -0.466 e. The molecule has 1 saturated heterocycles. The Morgan fingerprint density at radius 3 is 2.75 bits per heavy atom. The summed E-state index contributed by atoms with van der Waals surface area (Å²) in [6.45, 7) is 2.57. The van der Waals surface area contributed by atoms with Gasteiger partial charge in [0.2, 0.25) is 0 Å². The number of aromatic nitrogens is 2. The van der Waals surface area contributed by atoms with Gasteiger partial charge >= 0.3 is 17.8 Å². The summed E-state index contributed by atoms with van der Waals surface area (Å²) in [5, 5.41) is 3.64. The van der Waals surface area contributed by atoms with Crippen LogP contribution in [0.3, 0.4) is 0 Å². The van der Waals surface area contributed by atoms with E-state index in [4.69, 9.17) is 15.2 Å². The standard InChI is InChI=1S/C22H30N4O6/c1-2-30-20(27)16(10-6-7-11-18-24-21(28)32-25-18)19-17(23)12-13-26(19)22(29)31-14-15-8-4-3-5-9-15/h3-5,8-9,16-17,19H,2,6-7,10-14,23H2,1H3,(H,24,25,28)/t16?,17-,19+/m1/s1. The number of aromatic amines is 1. The summed E-state index contributed by atoms with van der Waals surface area (Å²) in [7, 11) is 0. The Balaban J connectivity index is 1.62. The maximum absolute atomic E-state index is 12.8. The fraction of sp³-hybridized carbons (Fsp3) is 0.545. The highest BCUT2D eigenvalue weighted by Crippen LogP contribution is 2.29. The molecule has 0 bridgehead atoms. The van der Waals surface area contributed by atoms with Crippen LogP contribution in [0.1, 0.15) is 44.0 Å². The van der Waals surface area contributed by atoms with Crippen LogP contribution >= 0.6 is 0 Å². The molecular formula is C22H30N4O6. The number of unbranched alkanes of at least 4 members (excludes halogenated alkanes) is 1. The molecule has 0 radical (unpaired) electrons. The predicted octanol–water partition coefficient (Wildman–Crippen LogP) is 1.99. The van der Waals surface area contributed by atoms with Crippen molar-refractivity contribution in [3.63, 3.8) is 0 Å². The van der Waals surface area contributed by atoms with Gasteiger partial charge in [-0.25, -0.2) is 9.59 Å². The van der Waals surface area contributed by atoms with Crippen LogP contribution in [-0.2, 0) is 27.3 Å². The van der Waals surface area contributed by atoms with E-state index in [1.165, 1.54) is 0 Å². The smallest absolute Gasteiger partial charge is 0.438 e. The molecule has 10 nitrogen and oxygen atoms in total. The van der Waals surface area contributed by atoms with Gasteiger partial charge in [0.25, 0.3) is 0 Å². The lowest BCUT2D eigenvalue weighted by Crippen LogP contribution is -2.50. The average molecular weight is 447 g/mol. The van der Waals surface area contributed by atoms with Crippen molar-refractivity contribution in [2.24, 2.45) is 11.7 Å². The summed E-state index contributed by atoms with van der Waals surface area (Å²) in [4.78, 5) is 40.7. The van der Waals surface area contributed by atoms with Gasteiger partial charge in [0.05, 0.1) is 18.6 Å². The Morgan fingerprint density at radius 2 is 2.06 bits per heavy atom. The number of nitrogens with one attached hydrogen (secondary N) is 1. The molecule has 1 aromatic heterocycles. The van der Waals surface area contributed by atoms with Crippen LogP contribution in [0, 0.1) is 5.92 Å². The second-order valence-corrected chi connectivity index (χ2v) is 7.82. The average Bonchev–Trinajstić information content (AvgIpc) is 3.38. The lowest BCUT2D eigenvalue weighted by Gasteiger charge is -2.32. The van der Waals surface area contributed by atoms with E-state index in [1.54, 1.807) is 11.8 Å². The topological polar surface area (TPSA) is 141 Å². The molecule has 2 aromatic rings. The van der Waals surface area contributed by atoms with Gasteiger partial charge in [0, 0.05) is 19.0 Å². The van der Waals surface area contributed by atoms with E-state index in [1.807, 2.05) is 30.3 Å². The predicted molar refractivity (Wildman–Crippen MR) is 115 cm³/mol. The molecule has 1 aliphatic rings. The zero-order valence-electron chi connectivity index (χ0n) is 18.2. The lowest BCUT2D eigenvalue weighted by atomic mass is 9.89. The number of amides is 1. The third-order valence-corrected chi connectivity index (χ3v) is 5.61. The third kappa shape index (κ3) is 6.19. The van der Waals surface area contributed by atoms with E-state index < -0.39 is 23.8 Å². The number of esters is 1. The summed E-state index contributed by atoms with van der Waals surface area (Å²) >= 11 is 0. The number of hydrogen-bond acceptors (Lipinski definition) is 8. The van der Waals surface area contributed by atoms with Crippen molar-refractivity contribution in [1.82, 2.24) is 15.0 Å². The molecule has 1 fully saturated rings. The monoisotopic (exact) mass is 446 g/mol. The van der Waals surface area contributed by atoms with Crippen molar-refractivity contribution in [3.05, 3.63) is 52.3 Å². The zero-order valence-corrected chi connectivity index (χ0v) is 18.2. The fourth-order valence-corrected chi connectivity index (χ4v) is 4.07. The zero-order chi connectivity index (χ0) is 22.9. The van der Waals surface area contributed by atoms with E-state index >= 15 is 0 Å². The first kappa shape index (κ1) is 23.5. The number of benzene rings is 1. The van der Waals surface area contributed by atoms with Crippen LogP contribution in [0.15, 0.2) is 39.6 Å². The van der Waals surface area contributed by atoms with Gasteiger partial charge in [-0.1, -0.05) is 41.9 Å². The molecule has 3 N–H and O–H groups in total. The Morgan fingerprint density at radius 1 is 1.28 bits per heavy atom. The number of carbonyl (C=O) groups excluding carboxylic acids is 2. The maximum atomic E-state index is 12.8. The van der Waals surface area contributed by atoms with Crippen molar-refractivity contribution < 1.29 is 23.6 Å². The van der Waals surface area contributed by atoms with Crippen LogP contribution in [-0.4, -0.2) is 52.3 Å². The van der Waals surface area contributed by atoms with Gasteiger partial charge in [0.1, 0.15) is 6.61 Å². The van der Waals surface area contributed by atoms with Crippen molar-refractivity contribution in [2.45, 2.75) is 57.7 Å². The fourth-order valence-electron chi connectivity index (χ4n) is 4.07. The van der Waals surface area contributed by atoms with E-state index in [0.29, 0.717) is 44.5 Å². The number of carbonyl (C=O) groups is 2. The molecule has 3 rings (SSSR count). The second kappa shape index (κ2) is 11.5. The molecule has 3 atom stereocenters. The summed E-state index contributed by atoms with van der Waals surface area (Å²) in [5.74, 6) is -1.06. The largest absolute Gasteiger partial charge is 0.466 e. The Kier molecular flexibility index (Phi) is 8.43. The van der Waals surface area contributed by atoms with E-state index in [0.717, 1.165) is 5.56 Å². The number of nitrogens with two attached hydrogens (primary N) is 1. The molecule has 174 valence electrons. The van der Waals surface area contributed by atoms with Crippen LogP contribution in [0.4, 0.5) is 4.79 Å². The Bertz CT molecular complexity index is 928. The van der Waals surface area contributed by atoms with Crippen LogP contribution < -0.4 is 11.5 Å². The lowest BCUT2D eigenvalue weighted by molar-refractivity contribution is -0.150. The molecule has 32 heavy (non-hydrogen) atoms. The van der Waals surface area contributed by atoms with Crippen LogP contribution in [0.25, 0.3) is 0 Å². The first-order valence-electron chi connectivity index (χ1n) is 10.9. The van der Waals surface area contributed by atoms with E-state index in [-0.39, 0.29) is 25.2 Å². The normalized spacial score (nSPS) is 19.0. The van der Waals surface area contributed by atoms with Crippen LogP contribution in [0.2, 0.25) is 0 Å². The first-order chi connectivity index (χ1) is 15.5. The molecule has 1 aliphatic heterocycles. The van der Waals surface area contributed by atoms with Crippen molar-refractivity contribution in [3.8, 4) is 0 Å². The number of hydrogen-bond donors (Lipinski definition) is 2. The molecule has 1 amide bonds. The summed E-state index contributed by atoms with van der Waals surface area (Å²) < 4.78 is 15.3. The maximum Gasteiger partial charge on any atom is 0.438 e. The Labute approximate surface area is 186 Å². The summed E-state index contributed by atoms with van der Waals surface area (Å²) in [6, 6.07) is 8.57. The highest BCUT2D eigenvalue weighted by molar-refractivity contribution is 5.76. The quantitative estimate of drug-likeness (QED) is 0.417. The first-order valence-corrected chi connectivity index (χ1v) is 10.9. The molecule has 2 heterocycles. The minimum atomic E-state index is -0.592. The van der Waals surface area contributed by atoms with Gasteiger partial charge in [-0.05, 0) is 31.7 Å². The number of ether oxygens (including phenoxy) is 2. The number of H-pyrrole nitrogens is 1. The van der Waals surface area contributed by atoms with Gasteiger partial charge in [0.15, 0.2) is 5.82 Å². The second-order valence-electron chi connectivity index (χ2n) is 7.82. The number of aryl methyl sites for hydroxylation is 1. The third-order valence-electron chi connectivity index (χ3n) is 5.61.